The van der Waals surface area contributed by atoms with Crippen molar-refractivity contribution in [3.05, 3.63) is 33.8 Å². The number of nitrogens with one attached hydrogen (secondary N) is 2. The van der Waals surface area contributed by atoms with Crippen LogP contribution in [0.1, 0.15) is 12.0 Å². The first-order valence-electron chi connectivity index (χ1n) is 6.65. The van der Waals surface area contributed by atoms with Crippen molar-refractivity contribution in [1.82, 2.24) is 10.6 Å². The Kier molecular flexibility index (Phi) is 5.95. The highest BCUT2D eigenvalue weighted by atomic mass is 35.5. The van der Waals surface area contributed by atoms with Crippen LogP contribution in [-0.4, -0.2) is 32.8 Å². The average molecular weight is 316 g/mol. The normalized spacial score (nSPS) is 19.1. The third-order valence-corrected chi connectivity index (χ3v) is 3.85. The monoisotopic (exact) mass is 315 g/mol. The molecule has 1 aromatic carbocycles. The molecule has 1 unspecified atom stereocenters. The van der Waals surface area contributed by atoms with Crippen LogP contribution in [0.2, 0.25) is 10.0 Å². The van der Waals surface area contributed by atoms with Gasteiger partial charge in [0.05, 0.1) is 6.61 Å². The summed E-state index contributed by atoms with van der Waals surface area (Å²) in [5.41, 5.74) is 0.989. The number of halogens is 2. The molecule has 6 heteroatoms. The third kappa shape index (κ3) is 4.54. The molecule has 20 heavy (non-hydrogen) atoms. The van der Waals surface area contributed by atoms with Gasteiger partial charge in [-0.1, -0.05) is 29.3 Å². The first-order chi connectivity index (χ1) is 9.69. The van der Waals surface area contributed by atoms with Gasteiger partial charge in [-0.25, -0.2) is 0 Å². The molecule has 0 radical (unpaired) electrons. The fraction of sp³-hybridized carbons (Fsp3) is 0.500. The summed E-state index contributed by atoms with van der Waals surface area (Å²) in [6.45, 7) is 3.16. The summed E-state index contributed by atoms with van der Waals surface area (Å²) < 4.78 is 5.35. The number of rotatable bonds is 4. The van der Waals surface area contributed by atoms with Gasteiger partial charge in [0.15, 0.2) is 5.96 Å². The molecule has 1 fully saturated rings. The molecule has 4 nitrogen and oxygen atoms in total. The van der Waals surface area contributed by atoms with Crippen LogP contribution in [0.3, 0.4) is 0 Å². The van der Waals surface area contributed by atoms with Crippen LogP contribution < -0.4 is 10.6 Å². The first kappa shape index (κ1) is 15.4. The Bertz CT molecular complexity index is 473. The van der Waals surface area contributed by atoms with Crippen LogP contribution in [0.5, 0.6) is 0 Å². The minimum atomic E-state index is 0.563. The molecule has 1 aromatic rings. The summed E-state index contributed by atoms with van der Waals surface area (Å²) in [5.74, 6) is 1.33. The summed E-state index contributed by atoms with van der Waals surface area (Å²) in [6, 6.07) is 5.48. The molecule has 1 aliphatic rings. The van der Waals surface area contributed by atoms with Gasteiger partial charge in [0, 0.05) is 42.7 Å². The summed E-state index contributed by atoms with van der Waals surface area (Å²) in [5, 5.41) is 7.84. The summed E-state index contributed by atoms with van der Waals surface area (Å²) in [4.78, 5) is 4.20. The van der Waals surface area contributed by atoms with E-state index < -0.39 is 0 Å². The molecule has 110 valence electrons. The smallest absolute Gasteiger partial charge is 0.191 e. The van der Waals surface area contributed by atoms with Crippen LogP contribution >= 0.6 is 23.2 Å². The van der Waals surface area contributed by atoms with Gasteiger partial charge in [-0.2, -0.15) is 0 Å². The molecule has 1 saturated heterocycles. The second kappa shape index (κ2) is 7.72. The Morgan fingerprint density at radius 1 is 1.40 bits per heavy atom. The van der Waals surface area contributed by atoms with E-state index in [1.165, 1.54) is 0 Å². The van der Waals surface area contributed by atoms with Crippen LogP contribution in [-0.2, 0) is 11.3 Å². The molecule has 2 N–H and O–H groups in total. The van der Waals surface area contributed by atoms with Gasteiger partial charge in [0.2, 0.25) is 0 Å². The number of hydrogen-bond donors (Lipinski definition) is 2. The van der Waals surface area contributed by atoms with E-state index in [1.54, 1.807) is 13.1 Å². The molecule has 2 rings (SSSR count). The molecular formula is C14H19Cl2N3O. The second-order valence-corrected chi connectivity index (χ2v) is 5.62. The van der Waals surface area contributed by atoms with Crippen molar-refractivity contribution in [2.75, 3.05) is 26.8 Å². The molecule has 0 aromatic heterocycles. The highest BCUT2D eigenvalue weighted by Crippen LogP contribution is 2.20. The molecule has 1 atom stereocenters. The zero-order valence-corrected chi connectivity index (χ0v) is 13.0. The van der Waals surface area contributed by atoms with Crippen LogP contribution in [0, 0.1) is 5.92 Å². The summed E-state index contributed by atoms with van der Waals surface area (Å²) in [6.07, 6.45) is 1.10. The maximum Gasteiger partial charge on any atom is 0.191 e. The van der Waals surface area contributed by atoms with Gasteiger partial charge in [0.25, 0.3) is 0 Å². The van der Waals surface area contributed by atoms with E-state index in [9.17, 15) is 0 Å². The SMILES string of the molecule is CN=C(NCc1ccc(Cl)cc1Cl)NCC1CCOC1. The highest BCUT2D eigenvalue weighted by Gasteiger charge is 2.15. The van der Waals surface area contributed by atoms with Crippen LogP contribution in [0.15, 0.2) is 23.2 Å². The van der Waals surface area contributed by atoms with E-state index in [2.05, 4.69) is 15.6 Å². The molecule has 0 spiro atoms. The summed E-state index contributed by atoms with van der Waals surface area (Å²) >= 11 is 12.0. The second-order valence-electron chi connectivity index (χ2n) is 4.77. The van der Waals surface area contributed by atoms with Gasteiger partial charge in [-0.15, -0.1) is 0 Å². The number of hydrogen-bond acceptors (Lipinski definition) is 2. The van der Waals surface area contributed by atoms with Crippen molar-refractivity contribution >= 4 is 29.2 Å². The number of benzene rings is 1. The van der Waals surface area contributed by atoms with Crippen molar-refractivity contribution in [1.29, 1.82) is 0 Å². The fourth-order valence-corrected chi connectivity index (χ4v) is 2.53. The van der Waals surface area contributed by atoms with Gasteiger partial charge < -0.3 is 15.4 Å². The quantitative estimate of drug-likeness (QED) is 0.663. The minimum absolute atomic E-state index is 0.563. The van der Waals surface area contributed by atoms with Gasteiger partial charge in [-0.05, 0) is 24.1 Å². The minimum Gasteiger partial charge on any atom is -0.381 e. The number of nitrogens with zero attached hydrogens (tertiary/aromatic N) is 1. The molecule has 1 aliphatic heterocycles. The first-order valence-corrected chi connectivity index (χ1v) is 7.41. The fourth-order valence-electron chi connectivity index (χ4n) is 2.05. The third-order valence-electron chi connectivity index (χ3n) is 3.27. The highest BCUT2D eigenvalue weighted by molar-refractivity contribution is 6.35. The average Bonchev–Trinajstić information content (AvgIpc) is 2.94. The van der Waals surface area contributed by atoms with Crippen LogP contribution in [0.4, 0.5) is 0 Å². The van der Waals surface area contributed by atoms with E-state index in [4.69, 9.17) is 27.9 Å². The lowest BCUT2D eigenvalue weighted by atomic mass is 10.1. The lowest BCUT2D eigenvalue weighted by Crippen LogP contribution is -2.39. The van der Waals surface area contributed by atoms with Gasteiger partial charge in [0.1, 0.15) is 0 Å². The lowest BCUT2D eigenvalue weighted by Gasteiger charge is -2.15. The van der Waals surface area contributed by atoms with Crippen molar-refractivity contribution in [2.24, 2.45) is 10.9 Å². The molecule has 1 heterocycles. The Hall–Kier alpha value is -0.970. The number of aliphatic imine (C=N–C) groups is 1. The van der Waals surface area contributed by atoms with Gasteiger partial charge in [-0.3, -0.25) is 4.99 Å². The standard InChI is InChI=1S/C14H19Cl2N3O/c1-17-14(18-7-10-4-5-20-9-10)19-8-11-2-3-12(15)6-13(11)16/h2-3,6,10H,4-5,7-9H2,1H3,(H2,17,18,19). The Morgan fingerprint density at radius 2 is 2.25 bits per heavy atom. The summed E-state index contributed by atoms with van der Waals surface area (Å²) in [7, 11) is 1.75. The van der Waals surface area contributed by atoms with Crippen molar-refractivity contribution in [3.63, 3.8) is 0 Å². The maximum atomic E-state index is 6.14. The number of ether oxygens (including phenoxy) is 1. The topological polar surface area (TPSA) is 45.7 Å². The largest absolute Gasteiger partial charge is 0.381 e. The predicted molar refractivity (Wildman–Crippen MR) is 83.6 cm³/mol. The van der Waals surface area contributed by atoms with Gasteiger partial charge >= 0.3 is 0 Å². The molecule has 0 aliphatic carbocycles. The molecule has 0 saturated carbocycles. The maximum absolute atomic E-state index is 6.14. The van der Waals surface area contributed by atoms with E-state index in [1.807, 2.05) is 12.1 Å². The zero-order chi connectivity index (χ0) is 14.4. The van der Waals surface area contributed by atoms with Crippen molar-refractivity contribution < 1.29 is 4.74 Å². The zero-order valence-electron chi connectivity index (χ0n) is 11.5. The Morgan fingerprint density at radius 3 is 2.90 bits per heavy atom. The lowest BCUT2D eigenvalue weighted by molar-refractivity contribution is 0.186. The van der Waals surface area contributed by atoms with E-state index >= 15 is 0 Å². The Labute approximate surface area is 129 Å². The van der Waals surface area contributed by atoms with E-state index in [0.29, 0.717) is 22.5 Å². The molecular weight excluding hydrogens is 297 g/mol. The molecule has 0 amide bonds. The Balaban J connectivity index is 1.81. The van der Waals surface area contributed by atoms with E-state index in [-0.39, 0.29) is 0 Å². The van der Waals surface area contributed by atoms with Crippen LogP contribution in [0.25, 0.3) is 0 Å². The van der Waals surface area contributed by atoms with Crippen molar-refractivity contribution in [3.8, 4) is 0 Å². The van der Waals surface area contributed by atoms with E-state index in [0.717, 1.165) is 37.7 Å². The predicted octanol–water partition coefficient (Wildman–Crippen LogP) is 2.69. The van der Waals surface area contributed by atoms with Crippen molar-refractivity contribution in [2.45, 2.75) is 13.0 Å². The number of guanidine groups is 1. The molecule has 0 bridgehead atoms.